The van der Waals surface area contributed by atoms with Crippen LogP contribution in [0.3, 0.4) is 0 Å². The standard InChI is InChI=1S/C26H22N4O4Se2/c1-33-19-11-7-9-17(25(31)29-21-13-3-5-15-27-21)23(19)35-36-24-18(10-8-12-20(24)34-2)26(32)30-22-14-4-6-16-28-22/h3-16H,1-2H3,(H,27,29,31)(H,28,30,32). The number of amides is 2. The quantitative estimate of drug-likeness (QED) is 0.282. The molecule has 0 saturated heterocycles. The third kappa shape index (κ3) is 6.11. The van der Waals surface area contributed by atoms with Gasteiger partial charge in [0.2, 0.25) is 0 Å². The number of nitrogens with zero attached hydrogens (tertiary/aromatic N) is 2. The van der Waals surface area contributed by atoms with Crippen molar-refractivity contribution in [1.29, 1.82) is 0 Å². The number of carbonyl (C=O) groups excluding carboxylic acids is 2. The van der Waals surface area contributed by atoms with Crippen LogP contribution in [0.1, 0.15) is 20.7 Å². The number of hydrogen-bond donors (Lipinski definition) is 2. The zero-order chi connectivity index (χ0) is 25.3. The second-order valence-electron chi connectivity index (χ2n) is 7.18. The van der Waals surface area contributed by atoms with E-state index in [2.05, 4.69) is 20.6 Å². The summed E-state index contributed by atoms with van der Waals surface area (Å²) < 4.78 is 12.8. The molecule has 182 valence electrons. The van der Waals surface area contributed by atoms with E-state index in [1.165, 1.54) is 0 Å². The number of aromatic nitrogens is 2. The van der Waals surface area contributed by atoms with Crippen LogP contribution >= 0.6 is 0 Å². The van der Waals surface area contributed by atoms with Crippen molar-refractivity contribution >= 4 is 58.6 Å². The van der Waals surface area contributed by atoms with Crippen molar-refractivity contribution in [3.05, 3.63) is 96.3 Å². The van der Waals surface area contributed by atoms with Gasteiger partial charge in [-0.2, -0.15) is 0 Å². The van der Waals surface area contributed by atoms with Crippen LogP contribution in [0.15, 0.2) is 85.2 Å². The molecule has 0 aliphatic carbocycles. The van der Waals surface area contributed by atoms with Crippen LogP contribution in [0.4, 0.5) is 11.6 Å². The van der Waals surface area contributed by atoms with Gasteiger partial charge in [0.25, 0.3) is 0 Å². The Bertz CT molecular complexity index is 1250. The van der Waals surface area contributed by atoms with E-state index in [-0.39, 0.29) is 38.1 Å². The maximum atomic E-state index is 13.1. The fourth-order valence-corrected chi connectivity index (χ4v) is 11.2. The number of hydrogen-bond acceptors (Lipinski definition) is 6. The summed E-state index contributed by atoms with van der Waals surface area (Å²) in [7, 11) is 3.16. The molecule has 0 aliphatic rings. The first-order valence-corrected chi connectivity index (χ1v) is 16.8. The molecule has 36 heavy (non-hydrogen) atoms. The Hall–Kier alpha value is -3.68. The molecule has 0 atom stereocenters. The average molecular weight is 612 g/mol. The number of pyridine rings is 2. The number of benzene rings is 2. The summed E-state index contributed by atoms with van der Waals surface area (Å²) in [5.74, 6) is 1.64. The van der Waals surface area contributed by atoms with Gasteiger partial charge >= 0.3 is 220 Å². The van der Waals surface area contributed by atoms with Gasteiger partial charge in [0, 0.05) is 0 Å². The Morgan fingerprint density at radius 1 is 0.639 bits per heavy atom. The molecule has 0 spiro atoms. The fourth-order valence-electron chi connectivity index (χ4n) is 3.21. The molecular formula is C26H22N4O4Se2. The number of carbonyl (C=O) groups is 2. The van der Waals surface area contributed by atoms with E-state index in [9.17, 15) is 9.59 Å². The molecule has 10 heteroatoms. The summed E-state index contributed by atoms with van der Waals surface area (Å²) in [6.45, 7) is 0. The molecule has 8 nitrogen and oxygen atoms in total. The summed E-state index contributed by atoms with van der Waals surface area (Å²) in [5.41, 5.74) is 1.02. The van der Waals surface area contributed by atoms with Crippen LogP contribution in [-0.2, 0) is 0 Å². The van der Waals surface area contributed by atoms with Gasteiger partial charge in [-0.25, -0.2) is 0 Å². The van der Waals surface area contributed by atoms with Crippen LogP contribution in [0.2, 0.25) is 0 Å². The monoisotopic (exact) mass is 614 g/mol. The normalized spacial score (nSPS) is 10.4. The molecule has 0 aliphatic heterocycles. The van der Waals surface area contributed by atoms with Gasteiger partial charge in [-0.15, -0.1) is 0 Å². The molecule has 2 heterocycles. The Balaban J connectivity index is 1.63. The van der Waals surface area contributed by atoms with Gasteiger partial charge in [-0.05, 0) is 0 Å². The average Bonchev–Trinajstić information content (AvgIpc) is 2.92. The molecule has 0 radical (unpaired) electrons. The Labute approximate surface area is 219 Å². The molecule has 2 aromatic heterocycles. The van der Waals surface area contributed by atoms with Crippen LogP contribution in [0.5, 0.6) is 11.5 Å². The van der Waals surface area contributed by atoms with E-state index in [1.807, 2.05) is 12.1 Å². The summed E-state index contributed by atoms with van der Waals surface area (Å²) in [6, 6.07) is 21.4. The van der Waals surface area contributed by atoms with E-state index in [0.717, 1.165) is 8.92 Å². The molecule has 2 aromatic carbocycles. The fraction of sp³-hybridized carbons (Fsp3) is 0.0769. The molecule has 0 saturated carbocycles. The molecule has 0 bridgehead atoms. The first kappa shape index (κ1) is 25.4. The predicted octanol–water partition coefficient (Wildman–Crippen LogP) is 2.27. The van der Waals surface area contributed by atoms with Crippen LogP contribution < -0.4 is 29.0 Å². The zero-order valence-electron chi connectivity index (χ0n) is 19.4. The predicted molar refractivity (Wildman–Crippen MR) is 141 cm³/mol. The van der Waals surface area contributed by atoms with Crippen molar-refractivity contribution in [3.8, 4) is 11.5 Å². The minimum atomic E-state index is -0.270. The van der Waals surface area contributed by atoms with E-state index < -0.39 is 0 Å². The Kier molecular flexibility index (Phi) is 8.70. The van der Waals surface area contributed by atoms with E-state index in [4.69, 9.17) is 9.47 Å². The summed E-state index contributed by atoms with van der Waals surface area (Å²) >= 11 is -0.434. The van der Waals surface area contributed by atoms with Crippen molar-refractivity contribution < 1.29 is 19.1 Å². The zero-order valence-corrected chi connectivity index (χ0v) is 22.9. The molecule has 0 fully saturated rings. The molecule has 4 aromatic rings. The molecule has 2 amide bonds. The SMILES string of the molecule is COc1cccc(C(=O)Nc2ccccn2)c1[Se][Se]c1c(OC)cccc1C(=O)Nc1ccccn1. The number of ether oxygens (including phenoxy) is 2. The first-order valence-electron chi connectivity index (χ1n) is 10.7. The topological polar surface area (TPSA) is 102 Å². The molecule has 4 rings (SSSR count). The molecular weight excluding hydrogens is 590 g/mol. The number of methoxy groups -OCH3 is 2. The minimum absolute atomic E-state index is 0.217. The Morgan fingerprint density at radius 2 is 1.08 bits per heavy atom. The summed E-state index contributed by atoms with van der Waals surface area (Å²) in [5, 5.41) is 5.69. The van der Waals surface area contributed by atoms with Gasteiger partial charge in [0.1, 0.15) is 0 Å². The van der Waals surface area contributed by atoms with Crippen LogP contribution in [0.25, 0.3) is 0 Å². The van der Waals surface area contributed by atoms with E-state index in [0.29, 0.717) is 34.3 Å². The van der Waals surface area contributed by atoms with Gasteiger partial charge in [-0.3, -0.25) is 0 Å². The summed E-state index contributed by atoms with van der Waals surface area (Å²) in [6.07, 6.45) is 3.24. The first-order chi connectivity index (χ1) is 17.6. The number of rotatable bonds is 9. The van der Waals surface area contributed by atoms with Crippen molar-refractivity contribution in [2.75, 3.05) is 24.9 Å². The third-order valence-corrected chi connectivity index (χ3v) is 12.1. The van der Waals surface area contributed by atoms with Gasteiger partial charge in [0.15, 0.2) is 0 Å². The Morgan fingerprint density at radius 3 is 1.44 bits per heavy atom. The summed E-state index contributed by atoms with van der Waals surface area (Å²) in [4.78, 5) is 34.6. The molecule has 0 unspecified atom stereocenters. The van der Waals surface area contributed by atoms with Crippen molar-refractivity contribution in [2.24, 2.45) is 0 Å². The van der Waals surface area contributed by atoms with Gasteiger partial charge < -0.3 is 0 Å². The third-order valence-electron chi connectivity index (χ3n) is 4.91. The second-order valence-corrected chi connectivity index (χ2v) is 13.2. The van der Waals surface area contributed by atoms with Gasteiger partial charge in [-0.1, -0.05) is 0 Å². The number of nitrogens with one attached hydrogen (secondary N) is 2. The molecule has 2 N–H and O–H groups in total. The van der Waals surface area contributed by atoms with Crippen molar-refractivity contribution in [3.63, 3.8) is 0 Å². The van der Waals surface area contributed by atoms with Gasteiger partial charge in [0.05, 0.1) is 0 Å². The van der Waals surface area contributed by atoms with E-state index in [1.54, 1.807) is 87.3 Å². The van der Waals surface area contributed by atoms with E-state index >= 15 is 0 Å². The van der Waals surface area contributed by atoms with Crippen LogP contribution in [-0.4, -0.2) is 62.3 Å². The van der Waals surface area contributed by atoms with Crippen LogP contribution in [0, 0.1) is 0 Å². The maximum absolute atomic E-state index is 13.1. The van der Waals surface area contributed by atoms with Crippen molar-refractivity contribution in [2.45, 2.75) is 0 Å². The second kappa shape index (κ2) is 12.3. The number of anilines is 2. The van der Waals surface area contributed by atoms with Crippen molar-refractivity contribution in [1.82, 2.24) is 9.97 Å².